The van der Waals surface area contributed by atoms with Gasteiger partial charge in [0.25, 0.3) is 0 Å². The fraction of sp³-hybridized carbons (Fsp3) is 0.600. The van der Waals surface area contributed by atoms with Gasteiger partial charge in [0.05, 0.1) is 0 Å². The molecular weight excluding hydrogens is 232 g/mol. The predicted octanol–water partition coefficient (Wildman–Crippen LogP) is 4.18. The highest BCUT2D eigenvalue weighted by Gasteiger charge is 2.26. The van der Waals surface area contributed by atoms with Crippen LogP contribution < -0.4 is 5.73 Å². The van der Waals surface area contributed by atoms with E-state index >= 15 is 0 Å². The minimum absolute atomic E-state index is 0.246. The summed E-state index contributed by atoms with van der Waals surface area (Å²) in [7, 11) is 0. The molecule has 2 rings (SSSR count). The topological polar surface area (TPSA) is 26.0 Å². The van der Waals surface area contributed by atoms with Crippen LogP contribution in [0.5, 0.6) is 0 Å². The Morgan fingerprint density at radius 2 is 1.89 bits per heavy atom. The van der Waals surface area contributed by atoms with Crippen molar-refractivity contribution < 1.29 is 8.78 Å². The van der Waals surface area contributed by atoms with Crippen LogP contribution in [-0.2, 0) is 0 Å². The first-order valence-electron chi connectivity index (χ1n) is 6.81. The quantitative estimate of drug-likeness (QED) is 0.859. The summed E-state index contributed by atoms with van der Waals surface area (Å²) >= 11 is 0. The molecule has 3 heteroatoms. The van der Waals surface area contributed by atoms with Gasteiger partial charge in [-0.1, -0.05) is 26.2 Å². The maximum Gasteiger partial charge on any atom is 0.126 e. The lowest BCUT2D eigenvalue weighted by atomic mass is 9.75. The fourth-order valence-corrected chi connectivity index (χ4v) is 3.07. The van der Waals surface area contributed by atoms with Crippen LogP contribution in [0.4, 0.5) is 8.78 Å². The summed E-state index contributed by atoms with van der Waals surface area (Å²) in [4.78, 5) is 0. The van der Waals surface area contributed by atoms with E-state index in [0.29, 0.717) is 17.4 Å². The average molecular weight is 253 g/mol. The Morgan fingerprint density at radius 1 is 1.22 bits per heavy atom. The highest BCUT2D eigenvalue weighted by atomic mass is 19.1. The maximum absolute atomic E-state index is 13.2. The third-order valence-electron chi connectivity index (χ3n) is 4.18. The number of halogens is 2. The van der Waals surface area contributed by atoms with Crippen LogP contribution in [-0.4, -0.2) is 0 Å². The normalized spacial score (nSPS) is 26.0. The van der Waals surface area contributed by atoms with Crippen LogP contribution in [0.25, 0.3) is 0 Å². The SMILES string of the molecule is CCC1CCCC(C(N)c2cc(F)cc(F)c2)C1. The van der Waals surface area contributed by atoms with E-state index < -0.39 is 11.6 Å². The summed E-state index contributed by atoms with van der Waals surface area (Å²) in [5.74, 6) is -0.00953. The van der Waals surface area contributed by atoms with Crippen molar-refractivity contribution in [3.05, 3.63) is 35.4 Å². The van der Waals surface area contributed by atoms with E-state index in [1.54, 1.807) is 0 Å². The molecule has 1 fully saturated rings. The zero-order chi connectivity index (χ0) is 13.1. The molecule has 2 N–H and O–H groups in total. The van der Waals surface area contributed by atoms with Gasteiger partial charge >= 0.3 is 0 Å². The Kier molecular flexibility index (Phi) is 4.33. The van der Waals surface area contributed by atoms with Crippen LogP contribution in [0, 0.1) is 23.5 Å². The molecule has 0 aliphatic heterocycles. The highest BCUT2D eigenvalue weighted by molar-refractivity contribution is 5.22. The summed E-state index contributed by atoms with van der Waals surface area (Å²) in [5.41, 5.74) is 6.78. The van der Waals surface area contributed by atoms with E-state index in [9.17, 15) is 8.78 Å². The van der Waals surface area contributed by atoms with Gasteiger partial charge in [0, 0.05) is 12.1 Å². The maximum atomic E-state index is 13.2. The second kappa shape index (κ2) is 5.79. The van der Waals surface area contributed by atoms with Gasteiger partial charge in [-0.05, 0) is 42.4 Å². The fourth-order valence-electron chi connectivity index (χ4n) is 3.07. The van der Waals surface area contributed by atoms with Gasteiger partial charge in [0.15, 0.2) is 0 Å². The Morgan fingerprint density at radius 3 is 2.50 bits per heavy atom. The molecule has 1 nitrogen and oxygen atoms in total. The molecule has 0 bridgehead atoms. The van der Waals surface area contributed by atoms with Crippen molar-refractivity contribution >= 4 is 0 Å². The first kappa shape index (κ1) is 13.5. The molecule has 1 aliphatic rings. The molecule has 100 valence electrons. The van der Waals surface area contributed by atoms with Crippen molar-refractivity contribution in [2.75, 3.05) is 0 Å². The molecule has 1 saturated carbocycles. The van der Waals surface area contributed by atoms with Crippen molar-refractivity contribution in [1.29, 1.82) is 0 Å². The van der Waals surface area contributed by atoms with Gasteiger partial charge in [0.1, 0.15) is 11.6 Å². The lowest BCUT2D eigenvalue weighted by molar-refractivity contribution is 0.230. The minimum atomic E-state index is -0.539. The summed E-state index contributed by atoms with van der Waals surface area (Å²) in [6.45, 7) is 2.19. The van der Waals surface area contributed by atoms with Crippen molar-refractivity contribution in [3.63, 3.8) is 0 Å². The number of benzene rings is 1. The zero-order valence-electron chi connectivity index (χ0n) is 10.8. The number of hydrogen-bond donors (Lipinski definition) is 1. The summed E-state index contributed by atoms with van der Waals surface area (Å²) < 4.78 is 26.4. The smallest absolute Gasteiger partial charge is 0.126 e. The lowest BCUT2D eigenvalue weighted by Crippen LogP contribution is -2.27. The number of rotatable bonds is 3. The van der Waals surface area contributed by atoms with E-state index in [-0.39, 0.29) is 6.04 Å². The van der Waals surface area contributed by atoms with Gasteiger partial charge in [-0.3, -0.25) is 0 Å². The minimum Gasteiger partial charge on any atom is -0.324 e. The molecule has 0 amide bonds. The molecule has 18 heavy (non-hydrogen) atoms. The number of nitrogens with two attached hydrogens (primary N) is 1. The summed E-state index contributed by atoms with van der Waals surface area (Å²) in [6, 6.07) is 3.38. The van der Waals surface area contributed by atoms with Crippen LogP contribution in [0.1, 0.15) is 50.6 Å². The van der Waals surface area contributed by atoms with E-state index in [1.807, 2.05) is 0 Å². The molecule has 0 radical (unpaired) electrons. The molecule has 1 aromatic rings. The van der Waals surface area contributed by atoms with Gasteiger partial charge < -0.3 is 5.73 Å². The molecular formula is C15H21F2N. The van der Waals surface area contributed by atoms with Gasteiger partial charge in [-0.2, -0.15) is 0 Å². The average Bonchev–Trinajstić information content (AvgIpc) is 2.37. The largest absolute Gasteiger partial charge is 0.324 e. The van der Waals surface area contributed by atoms with Crippen LogP contribution in [0.3, 0.4) is 0 Å². The van der Waals surface area contributed by atoms with Crippen molar-refractivity contribution in [2.45, 2.75) is 45.1 Å². The van der Waals surface area contributed by atoms with Gasteiger partial charge in [-0.15, -0.1) is 0 Å². The molecule has 1 aliphatic carbocycles. The summed E-state index contributed by atoms with van der Waals surface area (Å²) in [6.07, 6.45) is 5.75. The molecule has 1 aromatic carbocycles. The van der Waals surface area contributed by atoms with E-state index in [4.69, 9.17) is 5.73 Å². The monoisotopic (exact) mass is 253 g/mol. The Balaban J connectivity index is 2.12. The molecule has 3 atom stereocenters. The third kappa shape index (κ3) is 3.08. The first-order valence-corrected chi connectivity index (χ1v) is 6.81. The molecule has 0 spiro atoms. The Hall–Kier alpha value is -0.960. The standard InChI is InChI=1S/C15H21F2N/c1-2-10-4-3-5-11(6-10)15(18)12-7-13(16)9-14(17)8-12/h7-11,15H,2-6,18H2,1H3. The van der Waals surface area contributed by atoms with Gasteiger partial charge in [0.2, 0.25) is 0 Å². The highest BCUT2D eigenvalue weighted by Crippen LogP contribution is 2.37. The Labute approximate surface area is 107 Å². The van der Waals surface area contributed by atoms with E-state index in [0.717, 1.165) is 18.9 Å². The zero-order valence-corrected chi connectivity index (χ0v) is 10.8. The second-order valence-electron chi connectivity index (χ2n) is 5.43. The van der Waals surface area contributed by atoms with E-state index in [1.165, 1.54) is 31.4 Å². The molecule has 0 aromatic heterocycles. The van der Waals surface area contributed by atoms with Crippen molar-refractivity contribution in [1.82, 2.24) is 0 Å². The Bertz CT molecular complexity index is 385. The molecule has 3 unspecified atom stereocenters. The van der Waals surface area contributed by atoms with E-state index in [2.05, 4.69) is 6.92 Å². The van der Waals surface area contributed by atoms with Crippen molar-refractivity contribution in [2.24, 2.45) is 17.6 Å². The third-order valence-corrected chi connectivity index (χ3v) is 4.18. The molecule has 0 saturated heterocycles. The predicted molar refractivity (Wildman–Crippen MR) is 69.0 cm³/mol. The number of hydrogen-bond acceptors (Lipinski definition) is 1. The molecule has 0 heterocycles. The van der Waals surface area contributed by atoms with Crippen molar-refractivity contribution in [3.8, 4) is 0 Å². The second-order valence-corrected chi connectivity index (χ2v) is 5.43. The van der Waals surface area contributed by atoms with Gasteiger partial charge in [-0.25, -0.2) is 8.78 Å². The first-order chi connectivity index (χ1) is 8.60. The van der Waals surface area contributed by atoms with Crippen LogP contribution in [0.15, 0.2) is 18.2 Å². The lowest BCUT2D eigenvalue weighted by Gasteiger charge is -2.32. The summed E-state index contributed by atoms with van der Waals surface area (Å²) in [5, 5.41) is 0. The van der Waals surface area contributed by atoms with Crippen LogP contribution >= 0.6 is 0 Å². The van der Waals surface area contributed by atoms with Crippen LogP contribution in [0.2, 0.25) is 0 Å².